The molecule has 0 unspecified atom stereocenters. The van der Waals surface area contributed by atoms with Crippen LogP contribution >= 0.6 is 0 Å². The van der Waals surface area contributed by atoms with Crippen LogP contribution in [0.4, 0.5) is 5.82 Å². The lowest BCUT2D eigenvalue weighted by Crippen LogP contribution is -2.42. The highest BCUT2D eigenvalue weighted by Gasteiger charge is 2.26. The Labute approximate surface area is 202 Å². The minimum absolute atomic E-state index is 0.0215. The van der Waals surface area contributed by atoms with Crippen LogP contribution < -0.4 is 26.7 Å². The van der Waals surface area contributed by atoms with E-state index in [-0.39, 0.29) is 24.1 Å². The van der Waals surface area contributed by atoms with Crippen LogP contribution in [0.25, 0.3) is 10.9 Å². The number of nitrogens with one attached hydrogen (secondary N) is 2. The number of hydrogen-bond acceptors (Lipinski definition) is 7. The van der Waals surface area contributed by atoms with Crippen molar-refractivity contribution < 1.29 is 9.53 Å². The molecule has 1 aromatic carbocycles. The van der Waals surface area contributed by atoms with Crippen LogP contribution in [0.15, 0.2) is 47.3 Å². The van der Waals surface area contributed by atoms with Crippen LogP contribution in [-0.4, -0.2) is 34.1 Å². The second-order valence-electron chi connectivity index (χ2n) is 9.31. The molecule has 1 fully saturated rings. The van der Waals surface area contributed by atoms with Crippen molar-refractivity contribution >= 4 is 22.6 Å². The Morgan fingerprint density at radius 3 is 2.77 bits per heavy atom. The molecule has 1 saturated carbocycles. The minimum atomic E-state index is -0.193. The van der Waals surface area contributed by atoms with Crippen LogP contribution in [-0.2, 0) is 17.9 Å². The van der Waals surface area contributed by atoms with Gasteiger partial charge in [-0.15, -0.1) is 0 Å². The van der Waals surface area contributed by atoms with Crippen LogP contribution in [0.2, 0.25) is 0 Å². The SMILES string of the molecule is N#Cc1ccc2ccc(=O)n(C[C@H](N)C3CCC(NCc4ccc5c(n4)NC(=O)CO5)CC3)c2c1. The molecule has 5 rings (SSSR count). The Hall–Kier alpha value is -3.74. The van der Waals surface area contributed by atoms with Gasteiger partial charge in [-0.25, -0.2) is 4.98 Å². The number of carbonyl (C=O) groups is 1. The van der Waals surface area contributed by atoms with Crippen LogP contribution in [0.3, 0.4) is 0 Å². The van der Waals surface area contributed by atoms with E-state index in [1.807, 2.05) is 18.2 Å². The van der Waals surface area contributed by atoms with Gasteiger partial charge in [-0.05, 0) is 67.3 Å². The molecule has 3 aromatic rings. The van der Waals surface area contributed by atoms with Gasteiger partial charge in [0.2, 0.25) is 0 Å². The molecule has 0 spiro atoms. The van der Waals surface area contributed by atoms with E-state index < -0.39 is 0 Å². The highest BCUT2D eigenvalue weighted by molar-refractivity contribution is 5.94. The van der Waals surface area contributed by atoms with Crippen molar-refractivity contribution in [1.82, 2.24) is 14.9 Å². The number of hydrogen-bond donors (Lipinski definition) is 3. The van der Waals surface area contributed by atoms with Gasteiger partial charge in [0.25, 0.3) is 11.5 Å². The molecule has 1 atom stereocenters. The summed E-state index contributed by atoms with van der Waals surface area (Å²) < 4.78 is 7.07. The predicted octanol–water partition coefficient (Wildman–Crippen LogP) is 2.27. The topological polar surface area (TPSA) is 135 Å². The van der Waals surface area contributed by atoms with Crippen molar-refractivity contribution in [3.8, 4) is 11.8 Å². The maximum absolute atomic E-state index is 12.6. The largest absolute Gasteiger partial charge is 0.480 e. The van der Waals surface area contributed by atoms with Gasteiger partial charge in [0, 0.05) is 31.2 Å². The van der Waals surface area contributed by atoms with E-state index in [0.717, 1.165) is 42.3 Å². The average Bonchev–Trinajstić information content (AvgIpc) is 2.88. The van der Waals surface area contributed by atoms with E-state index >= 15 is 0 Å². The molecule has 2 aromatic heterocycles. The number of carbonyl (C=O) groups excluding carboxylic acids is 1. The lowest BCUT2D eigenvalue weighted by molar-refractivity contribution is -0.118. The molecule has 0 bridgehead atoms. The Morgan fingerprint density at radius 2 is 1.97 bits per heavy atom. The van der Waals surface area contributed by atoms with Crippen molar-refractivity contribution in [3.05, 3.63) is 64.1 Å². The zero-order chi connectivity index (χ0) is 24.4. The fourth-order valence-electron chi connectivity index (χ4n) is 5.01. The third-order valence-corrected chi connectivity index (χ3v) is 7.00. The van der Waals surface area contributed by atoms with Crippen LogP contribution in [0.5, 0.6) is 5.75 Å². The number of aromatic nitrogens is 2. The molecule has 4 N–H and O–H groups in total. The lowest BCUT2D eigenvalue weighted by Gasteiger charge is -2.33. The smallest absolute Gasteiger partial charge is 0.263 e. The summed E-state index contributed by atoms with van der Waals surface area (Å²) >= 11 is 0. The van der Waals surface area contributed by atoms with E-state index in [2.05, 4.69) is 21.7 Å². The first kappa shape index (κ1) is 23.0. The van der Waals surface area contributed by atoms with Crippen molar-refractivity contribution in [2.75, 3.05) is 11.9 Å². The highest BCUT2D eigenvalue weighted by atomic mass is 16.5. The van der Waals surface area contributed by atoms with Crippen molar-refractivity contribution in [1.29, 1.82) is 5.26 Å². The summed E-state index contributed by atoms with van der Waals surface area (Å²) in [6, 6.07) is 14.8. The van der Waals surface area contributed by atoms with E-state index in [9.17, 15) is 14.9 Å². The van der Waals surface area contributed by atoms with Gasteiger partial charge in [-0.2, -0.15) is 5.26 Å². The number of ether oxygens (including phenoxy) is 1. The summed E-state index contributed by atoms with van der Waals surface area (Å²) in [6.45, 7) is 1.06. The molecule has 2 aliphatic rings. The summed E-state index contributed by atoms with van der Waals surface area (Å²) in [5.74, 6) is 1.20. The molecule has 9 heteroatoms. The first-order chi connectivity index (χ1) is 17.0. The molecule has 1 aliphatic carbocycles. The standard InChI is InChI=1S/C26H28N6O3/c27-12-16-1-2-18-5-10-25(34)32(22(18)11-16)14-21(28)17-3-6-19(7-4-17)29-13-20-8-9-23-26(30-20)31-24(33)15-35-23/h1-2,5,8-11,17,19,21,29H,3-4,6-7,13-15,28H2,(H,30,31,33)/t17?,19?,21-/m0/s1. The fourth-order valence-corrected chi connectivity index (χ4v) is 5.01. The number of rotatable bonds is 6. The maximum Gasteiger partial charge on any atom is 0.263 e. The molecule has 3 heterocycles. The molecule has 0 saturated heterocycles. The summed E-state index contributed by atoms with van der Waals surface area (Å²) in [7, 11) is 0. The normalized spacial score (nSPS) is 20.4. The van der Waals surface area contributed by atoms with Gasteiger partial charge in [-0.3, -0.25) is 9.59 Å². The summed E-state index contributed by atoms with van der Waals surface area (Å²) in [5.41, 5.74) is 8.62. The monoisotopic (exact) mass is 472 g/mol. The summed E-state index contributed by atoms with van der Waals surface area (Å²) in [6.07, 6.45) is 3.94. The Morgan fingerprint density at radius 1 is 1.17 bits per heavy atom. The third kappa shape index (κ3) is 5.04. The van der Waals surface area contributed by atoms with Gasteiger partial charge in [0.1, 0.15) is 0 Å². The molecule has 1 aliphatic heterocycles. The zero-order valence-corrected chi connectivity index (χ0v) is 19.4. The van der Waals surface area contributed by atoms with Crippen molar-refractivity contribution in [2.24, 2.45) is 11.7 Å². The molecule has 180 valence electrons. The molecule has 35 heavy (non-hydrogen) atoms. The highest BCUT2D eigenvalue weighted by Crippen LogP contribution is 2.28. The number of nitrogens with two attached hydrogens (primary N) is 1. The number of anilines is 1. The second-order valence-corrected chi connectivity index (χ2v) is 9.31. The van der Waals surface area contributed by atoms with Gasteiger partial charge in [0.05, 0.1) is 22.8 Å². The van der Waals surface area contributed by atoms with E-state index in [4.69, 9.17) is 10.5 Å². The fraction of sp³-hybridized carbons (Fsp3) is 0.385. The first-order valence-corrected chi connectivity index (χ1v) is 12.0. The molecular weight excluding hydrogens is 444 g/mol. The Bertz CT molecular complexity index is 1350. The number of pyridine rings is 2. The van der Waals surface area contributed by atoms with Crippen LogP contribution in [0.1, 0.15) is 36.9 Å². The van der Waals surface area contributed by atoms with Crippen LogP contribution in [0, 0.1) is 17.2 Å². The van der Waals surface area contributed by atoms with Gasteiger partial charge >= 0.3 is 0 Å². The van der Waals surface area contributed by atoms with Crippen molar-refractivity contribution in [3.63, 3.8) is 0 Å². The number of amides is 1. The number of fused-ring (bicyclic) bond motifs is 2. The first-order valence-electron chi connectivity index (χ1n) is 12.0. The molecule has 9 nitrogen and oxygen atoms in total. The third-order valence-electron chi connectivity index (χ3n) is 7.00. The number of nitriles is 1. The molecule has 0 radical (unpaired) electrons. The lowest BCUT2D eigenvalue weighted by atomic mass is 9.81. The number of benzene rings is 1. The summed E-state index contributed by atoms with van der Waals surface area (Å²) in [5, 5.41) is 16.5. The number of nitrogens with zero attached hydrogens (tertiary/aromatic N) is 3. The van der Waals surface area contributed by atoms with Gasteiger partial charge in [0.15, 0.2) is 18.2 Å². The minimum Gasteiger partial charge on any atom is -0.480 e. The van der Waals surface area contributed by atoms with Gasteiger partial charge in [-0.1, -0.05) is 6.07 Å². The second kappa shape index (κ2) is 9.86. The molecular formula is C26H28N6O3. The van der Waals surface area contributed by atoms with Gasteiger partial charge < -0.3 is 25.7 Å². The van der Waals surface area contributed by atoms with Crippen molar-refractivity contribution in [2.45, 2.75) is 50.9 Å². The average molecular weight is 473 g/mol. The maximum atomic E-state index is 12.6. The van der Waals surface area contributed by atoms with E-state index in [0.29, 0.717) is 42.2 Å². The quantitative estimate of drug-likeness (QED) is 0.501. The van der Waals surface area contributed by atoms with E-state index in [1.165, 1.54) is 0 Å². The Balaban J connectivity index is 1.17. The molecule has 1 amide bonds. The summed E-state index contributed by atoms with van der Waals surface area (Å²) in [4.78, 5) is 28.6. The zero-order valence-electron chi connectivity index (χ0n) is 19.4. The van der Waals surface area contributed by atoms with E-state index in [1.54, 1.807) is 28.8 Å². The predicted molar refractivity (Wildman–Crippen MR) is 132 cm³/mol. The Kier molecular flexibility index (Phi) is 6.49.